The molecule has 0 amide bonds. The summed E-state index contributed by atoms with van der Waals surface area (Å²) in [5.41, 5.74) is 0. The van der Waals surface area contributed by atoms with Crippen LogP contribution in [0.4, 0.5) is 0 Å². The van der Waals surface area contributed by atoms with E-state index in [1.807, 2.05) is 27.7 Å². The topological polar surface area (TPSA) is 57.2 Å². The third-order valence-corrected chi connectivity index (χ3v) is 9.59. The van der Waals surface area contributed by atoms with Gasteiger partial charge < -0.3 is 22.6 Å². The van der Waals surface area contributed by atoms with E-state index in [0.717, 1.165) is 32.0 Å². The van der Waals surface area contributed by atoms with Gasteiger partial charge in [0.2, 0.25) is 0 Å². The van der Waals surface area contributed by atoms with Gasteiger partial charge in [0.15, 0.2) is 0 Å². The van der Waals surface area contributed by atoms with Crippen LogP contribution in [0.5, 0.6) is 0 Å². The molecule has 0 atom stereocenters. The molecular weight excluding hydrogens is 366 g/mol. The summed E-state index contributed by atoms with van der Waals surface area (Å²) < 4.78 is 25.3. The fourth-order valence-electron chi connectivity index (χ4n) is 2.89. The van der Waals surface area contributed by atoms with Gasteiger partial charge in [-0.2, -0.15) is 0 Å². The molecule has 0 bridgehead atoms. The van der Waals surface area contributed by atoms with Crippen LogP contribution in [0.1, 0.15) is 47.0 Å². The van der Waals surface area contributed by atoms with E-state index in [9.17, 15) is 4.79 Å². The first-order valence-electron chi connectivity index (χ1n) is 10.1. The van der Waals surface area contributed by atoms with Crippen LogP contribution in [-0.4, -0.2) is 67.1 Å². The number of nitrogens with zero attached hydrogens (tertiary/aromatic N) is 1. The number of carbonyl (C=O) groups is 1. The Morgan fingerprint density at radius 1 is 0.808 bits per heavy atom. The molecular formula is C18H41NO5Si2. The highest BCUT2D eigenvalue weighted by atomic mass is 28.4. The Balaban J connectivity index is 4.56. The molecule has 8 heteroatoms. The normalized spacial score (nSPS) is 12.6. The highest BCUT2D eigenvalue weighted by molar-refractivity contribution is 6.73. The van der Waals surface area contributed by atoms with Gasteiger partial charge in [0.1, 0.15) is 8.24 Å². The third-order valence-electron chi connectivity index (χ3n) is 4.09. The maximum atomic E-state index is 11.7. The first-order valence-corrected chi connectivity index (χ1v) is 15.4. The second-order valence-electron chi connectivity index (χ2n) is 7.15. The van der Waals surface area contributed by atoms with Gasteiger partial charge in [-0.05, 0) is 47.1 Å². The molecule has 0 saturated carbocycles. The number of hydrogen-bond acceptors (Lipinski definition) is 6. The van der Waals surface area contributed by atoms with Crippen molar-refractivity contribution in [3.63, 3.8) is 0 Å². The maximum Gasteiger partial charge on any atom is 0.500 e. The Labute approximate surface area is 163 Å². The van der Waals surface area contributed by atoms with Crippen LogP contribution in [-0.2, 0) is 22.8 Å². The molecule has 156 valence electrons. The van der Waals surface area contributed by atoms with Crippen LogP contribution in [0, 0.1) is 0 Å². The van der Waals surface area contributed by atoms with E-state index in [0.29, 0.717) is 32.8 Å². The van der Waals surface area contributed by atoms with Gasteiger partial charge in [-0.15, -0.1) is 0 Å². The largest absolute Gasteiger partial charge is 0.500 e. The second kappa shape index (κ2) is 13.8. The van der Waals surface area contributed by atoms with Crippen molar-refractivity contribution in [1.82, 2.24) is 4.57 Å². The van der Waals surface area contributed by atoms with Crippen LogP contribution >= 0.6 is 0 Å². The van der Waals surface area contributed by atoms with Crippen molar-refractivity contribution in [2.24, 2.45) is 0 Å². The van der Waals surface area contributed by atoms with Crippen molar-refractivity contribution in [3.8, 4) is 0 Å². The van der Waals surface area contributed by atoms with Crippen molar-refractivity contribution < 1.29 is 22.8 Å². The van der Waals surface area contributed by atoms with Crippen LogP contribution in [0.15, 0.2) is 0 Å². The van der Waals surface area contributed by atoms with Crippen molar-refractivity contribution in [2.45, 2.75) is 72.6 Å². The van der Waals surface area contributed by atoms with Gasteiger partial charge in [0.05, 0.1) is 13.0 Å². The molecule has 0 aliphatic carbocycles. The predicted octanol–water partition coefficient (Wildman–Crippen LogP) is 3.91. The van der Waals surface area contributed by atoms with Gasteiger partial charge in [0.25, 0.3) is 0 Å². The van der Waals surface area contributed by atoms with E-state index in [-0.39, 0.29) is 5.97 Å². The quantitative estimate of drug-likeness (QED) is 0.220. The average molecular weight is 408 g/mol. The molecule has 0 aromatic heterocycles. The molecule has 0 aliphatic rings. The minimum Gasteiger partial charge on any atom is -0.466 e. The molecule has 6 nitrogen and oxygen atoms in total. The van der Waals surface area contributed by atoms with Gasteiger partial charge in [-0.3, -0.25) is 4.79 Å². The molecule has 0 radical (unpaired) electrons. The van der Waals surface area contributed by atoms with Crippen molar-refractivity contribution >= 4 is 23.0 Å². The summed E-state index contributed by atoms with van der Waals surface area (Å²) >= 11 is 0. The number of carbonyl (C=O) groups excluding carboxylic acids is 1. The highest BCUT2D eigenvalue weighted by Crippen LogP contribution is 2.20. The second-order valence-corrected chi connectivity index (χ2v) is 14.9. The molecule has 0 N–H and O–H groups in total. The minimum absolute atomic E-state index is 0.105. The molecule has 26 heavy (non-hydrogen) atoms. The molecule has 0 aliphatic heterocycles. The number of esters is 1. The fourth-order valence-corrected chi connectivity index (χ4v) is 7.18. The van der Waals surface area contributed by atoms with Gasteiger partial charge >= 0.3 is 14.8 Å². The van der Waals surface area contributed by atoms with E-state index in [4.69, 9.17) is 18.0 Å². The minimum atomic E-state index is -2.54. The van der Waals surface area contributed by atoms with E-state index < -0.39 is 17.0 Å². The molecule has 0 saturated heterocycles. The number of hydrogen-bond donors (Lipinski definition) is 0. The number of rotatable bonds is 16. The summed E-state index contributed by atoms with van der Waals surface area (Å²) in [5.74, 6) is -0.105. The zero-order chi connectivity index (χ0) is 20.1. The van der Waals surface area contributed by atoms with Crippen LogP contribution in [0.25, 0.3) is 0 Å². The average Bonchev–Trinajstić information content (AvgIpc) is 2.54. The molecule has 0 spiro atoms. The number of ether oxygens (including phenoxy) is 1. The zero-order valence-electron chi connectivity index (χ0n) is 18.1. The molecule has 0 heterocycles. The van der Waals surface area contributed by atoms with Crippen LogP contribution in [0.2, 0.25) is 25.7 Å². The summed E-state index contributed by atoms with van der Waals surface area (Å²) in [6.07, 6.45) is 2.52. The highest BCUT2D eigenvalue weighted by Gasteiger charge is 2.39. The first kappa shape index (κ1) is 25.7. The molecule has 0 aromatic carbocycles. The van der Waals surface area contributed by atoms with E-state index in [2.05, 4.69) is 24.2 Å². The Hall–Kier alpha value is -0.256. The van der Waals surface area contributed by atoms with Crippen LogP contribution in [0.3, 0.4) is 0 Å². The Kier molecular flexibility index (Phi) is 13.7. The third kappa shape index (κ3) is 10.8. The SMILES string of the molecule is CCOC(=O)CCN(CCCC[Si](OCC)(OCC)OCC)[Si](C)(C)C. The lowest BCUT2D eigenvalue weighted by Crippen LogP contribution is -2.48. The van der Waals surface area contributed by atoms with Crippen molar-refractivity contribution in [1.29, 1.82) is 0 Å². The van der Waals surface area contributed by atoms with E-state index >= 15 is 0 Å². The van der Waals surface area contributed by atoms with Gasteiger partial charge in [0, 0.05) is 32.4 Å². The number of unbranched alkanes of at least 4 members (excludes halogenated alkanes) is 1. The lowest BCUT2D eigenvalue weighted by molar-refractivity contribution is -0.143. The summed E-state index contributed by atoms with van der Waals surface area (Å²) in [7, 11) is -4.02. The molecule has 0 rings (SSSR count). The summed E-state index contributed by atoms with van der Waals surface area (Å²) in [5, 5.41) is 0. The molecule has 0 unspecified atom stereocenters. The Bertz CT molecular complexity index is 360. The fraction of sp³-hybridized carbons (Fsp3) is 0.944. The van der Waals surface area contributed by atoms with Crippen LogP contribution < -0.4 is 0 Å². The molecule has 0 fully saturated rings. The Morgan fingerprint density at radius 2 is 1.35 bits per heavy atom. The van der Waals surface area contributed by atoms with E-state index in [1.54, 1.807) is 0 Å². The smallest absolute Gasteiger partial charge is 0.466 e. The monoisotopic (exact) mass is 407 g/mol. The molecule has 0 aromatic rings. The lowest BCUT2D eigenvalue weighted by atomic mass is 10.3. The summed E-state index contributed by atoms with van der Waals surface area (Å²) in [4.78, 5) is 11.7. The first-order chi connectivity index (χ1) is 12.2. The van der Waals surface area contributed by atoms with Gasteiger partial charge in [-0.25, -0.2) is 0 Å². The van der Waals surface area contributed by atoms with Crippen molar-refractivity contribution in [3.05, 3.63) is 0 Å². The van der Waals surface area contributed by atoms with Gasteiger partial charge in [-0.1, -0.05) is 19.6 Å². The predicted molar refractivity (Wildman–Crippen MR) is 111 cm³/mol. The standard InChI is InChI=1S/C18H41NO5Si2/c1-8-21-18(20)14-16-19(25(5,6)7)15-12-13-17-26(22-9-2,23-10-3)24-11-4/h8-17H2,1-7H3. The summed E-state index contributed by atoms with van der Waals surface area (Å²) in [6, 6.07) is 0.847. The summed E-state index contributed by atoms with van der Waals surface area (Å²) in [6.45, 7) is 18.8. The zero-order valence-corrected chi connectivity index (χ0v) is 20.1. The lowest BCUT2D eigenvalue weighted by Gasteiger charge is -2.34. The maximum absolute atomic E-state index is 11.7. The van der Waals surface area contributed by atoms with E-state index in [1.165, 1.54) is 0 Å². The van der Waals surface area contributed by atoms with Crippen molar-refractivity contribution in [2.75, 3.05) is 39.5 Å². The Morgan fingerprint density at radius 3 is 1.77 bits per heavy atom.